The number of carbonyl (C=O) groups is 1. The van der Waals surface area contributed by atoms with Crippen LogP contribution >= 0.6 is 0 Å². The number of hydrogen-bond donors (Lipinski definition) is 1. The molecule has 2 aromatic carbocycles. The van der Waals surface area contributed by atoms with E-state index in [0.717, 1.165) is 38.1 Å². The van der Waals surface area contributed by atoms with Gasteiger partial charge in [-0.2, -0.15) is 13.2 Å². The highest BCUT2D eigenvalue weighted by Crippen LogP contribution is 2.30. The van der Waals surface area contributed by atoms with Gasteiger partial charge in [0.1, 0.15) is 5.82 Å². The summed E-state index contributed by atoms with van der Waals surface area (Å²) in [6.07, 6.45) is -2.61. The number of amides is 1. The molecule has 0 radical (unpaired) electrons. The molecule has 0 spiro atoms. The number of nitrogens with zero attached hydrogens (tertiary/aromatic N) is 1. The van der Waals surface area contributed by atoms with E-state index >= 15 is 0 Å². The molecule has 1 aliphatic rings. The van der Waals surface area contributed by atoms with E-state index in [1.165, 1.54) is 24.3 Å². The summed E-state index contributed by atoms with van der Waals surface area (Å²) in [7, 11) is 0. The molecule has 1 saturated heterocycles. The number of nitrogens with one attached hydrogen (secondary N) is 1. The first-order valence-electron chi connectivity index (χ1n) is 8.33. The molecule has 2 aromatic rings. The van der Waals surface area contributed by atoms with Gasteiger partial charge in [-0.05, 0) is 42.7 Å². The van der Waals surface area contributed by atoms with E-state index in [1.807, 2.05) is 4.90 Å². The monoisotopic (exact) mass is 366 g/mol. The average Bonchev–Trinajstić information content (AvgIpc) is 3.08. The summed E-state index contributed by atoms with van der Waals surface area (Å²) >= 11 is 0. The van der Waals surface area contributed by atoms with Crippen LogP contribution < -0.4 is 10.2 Å². The van der Waals surface area contributed by atoms with Crippen molar-refractivity contribution in [2.75, 3.05) is 23.3 Å². The topological polar surface area (TPSA) is 32.3 Å². The highest BCUT2D eigenvalue weighted by atomic mass is 19.4. The zero-order chi connectivity index (χ0) is 18.7. The fourth-order valence-electron chi connectivity index (χ4n) is 3.05. The van der Waals surface area contributed by atoms with Crippen molar-refractivity contribution in [3.05, 3.63) is 59.4 Å². The molecule has 26 heavy (non-hydrogen) atoms. The molecule has 7 heteroatoms. The summed E-state index contributed by atoms with van der Waals surface area (Å²) in [6, 6.07) is 8.90. The lowest BCUT2D eigenvalue weighted by molar-refractivity contribution is -0.137. The van der Waals surface area contributed by atoms with E-state index in [4.69, 9.17) is 0 Å². The number of hydrogen-bond acceptors (Lipinski definition) is 2. The SMILES string of the molecule is O=C(Cc1cccc(C(F)(F)F)c1)Nc1cc(F)cc(N2CCCC2)c1. The predicted molar refractivity (Wildman–Crippen MR) is 91.6 cm³/mol. The van der Waals surface area contributed by atoms with E-state index in [0.29, 0.717) is 11.4 Å². The molecule has 0 bridgehead atoms. The second-order valence-corrected chi connectivity index (χ2v) is 6.32. The zero-order valence-corrected chi connectivity index (χ0v) is 13.9. The molecule has 3 nitrogen and oxygen atoms in total. The summed E-state index contributed by atoms with van der Waals surface area (Å²) in [5.74, 6) is -0.967. The maximum atomic E-state index is 13.8. The molecule has 1 fully saturated rings. The van der Waals surface area contributed by atoms with Gasteiger partial charge in [0, 0.05) is 24.5 Å². The van der Waals surface area contributed by atoms with Crippen LogP contribution in [0.25, 0.3) is 0 Å². The number of rotatable bonds is 4. The average molecular weight is 366 g/mol. The van der Waals surface area contributed by atoms with Gasteiger partial charge >= 0.3 is 6.18 Å². The number of halogens is 4. The van der Waals surface area contributed by atoms with Crippen LogP contribution in [0.4, 0.5) is 28.9 Å². The summed E-state index contributed by atoms with van der Waals surface area (Å²) in [6.45, 7) is 1.67. The Hall–Kier alpha value is -2.57. The van der Waals surface area contributed by atoms with Gasteiger partial charge in [0.05, 0.1) is 12.0 Å². The normalized spacial score (nSPS) is 14.5. The summed E-state index contributed by atoms with van der Waals surface area (Å²) in [5, 5.41) is 2.57. The first kappa shape index (κ1) is 18.2. The molecular formula is C19H18F4N2O. The number of benzene rings is 2. The van der Waals surface area contributed by atoms with Crippen molar-refractivity contribution in [2.24, 2.45) is 0 Å². The smallest absolute Gasteiger partial charge is 0.371 e. The molecule has 0 saturated carbocycles. The lowest BCUT2D eigenvalue weighted by Gasteiger charge is -2.19. The number of carbonyl (C=O) groups excluding carboxylic acids is 1. The van der Waals surface area contributed by atoms with Crippen molar-refractivity contribution in [3.8, 4) is 0 Å². The summed E-state index contributed by atoms with van der Waals surface area (Å²) < 4.78 is 52.1. The van der Waals surface area contributed by atoms with Crippen LogP contribution in [-0.4, -0.2) is 19.0 Å². The highest BCUT2D eigenvalue weighted by molar-refractivity contribution is 5.92. The van der Waals surface area contributed by atoms with Gasteiger partial charge in [0.25, 0.3) is 0 Å². The van der Waals surface area contributed by atoms with Gasteiger partial charge in [0.2, 0.25) is 5.91 Å². The first-order valence-corrected chi connectivity index (χ1v) is 8.33. The number of alkyl halides is 3. The van der Waals surface area contributed by atoms with Gasteiger partial charge in [-0.15, -0.1) is 0 Å². The Labute approximate surface area is 148 Å². The lowest BCUT2D eigenvalue weighted by Crippen LogP contribution is -2.19. The molecule has 3 rings (SSSR count). The Balaban J connectivity index is 1.70. The fraction of sp³-hybridized carbons (Fsp3) is 0.316. The van der Waals surface area contributed by atoms with Crippen LogP contribution in [0.15, 0.2) is 42.5 Å². The van der Waals surface area contributed by atoms with Crippen molar-refractivity contribution in [2.45, 2.75) is 25.4 Å². The molecule has 0 aliphatic carbocycles. The Kier molecular flexibility index (Phi) is 5.15. The first-order chi connectivity index (χ1) is 12.3. The molecule has 1 N–H and O–H groups in total. The molecule has 0 aromatic heterocycles. The van der Waals surface area contributed by atoms with E-state index in [2.05, 4.69) is 5.32 Å². The van der Waals surface area contributed by atoms with Crippen LogP contribution in [0.1, 0.15) is 24.0 Å². The Bertz CT molecular complexity index is 798. The lowest BCUT2D eigenvalue weighted by atomic mass is 10.1. The third-order valence-corrected chi connectivity index (χ3v) is 4.26. The molecule has 0 unspecified atom stereocenters. The molecule has 138 valence electrons. The van der Waals surface area contributed by atoms with E-state index in [-0.39, 0.29) is 12.0 Å². The van der Waals surface area contributed by atoms with Crippen LogP contribution in [0.5, 0.6) is 0 Å². The maximum Gasteiger partial charge on any atom is 0.416 e. The minimum Gasteiger partial charge on any atom is -0.371 e. The van der Waals surface area contributed by atoms with Crippen LogP contribution in [0, 0.1) is 5.82 Å². The van der Waals surface area contributed by atoms with Crippen LogP contribution in [0.3, 0.4) is 0 Å². The second kappa shape index (κ2) is 7.35. The highest BCUT2D eigenvalue weighted by Gasteiger charge is 2.30. The third kappa shape index (κ3) is 4.53. The van der Waals surface area contributed by atoms with E-state index in [1.54, 1.807) is 6.07 Å². The quantitative estimate of drug-likeness (QED) is 0.801. The zero-order valence-electron chi connectivity index (χ0n) is 13.9. The van der Waals surface area contributed by atoms with Crippen molar-refractivity contribution in [3.63, 3.8) is 0 Å². The van der Waals surface area contributed by atoms with Crippen molar-refractivity contribution in [1.29, 1.82) is 0 Å². The summed E-state index contributed by atoms with van der Waals surface area (Å²) in [5.41, 5.74) is 0.430. The Morgan fingerprint density at radius 1 is 1.08 bits per heavy atom. The second-order valence-electron chi connectivity index (χ2n) is 6.32. The number of anilines is 2. The van der Waals surface area contributed by atoms with Crippen LogP contribution in [0.2, 0.25) is 0 Å². The molecule has 1 amide bonds. The fourth-order valence-corrected chi connectivity index (χ4v) is 3.05. The van der Waals surface area contributed by atoms with Gasteiger partial charge in [-0.3, -0.25) is 4.79 Å². The molecular weight excluding hydrogens is 348 g/mol. The Morgan fingerprint density at radius 2 is 1.81 bits per heavy atom. The van der Waals surface area contributed by atoms with E-state index in [9.17, 15) is 22.4 Å². The van der Waals surface area contributed by atoms with Crippen LogP contribution in [-0.2, 0) is 17.4 Å². The minimum absolute atomic E-state index is 0.223. The van der Waals surface area contributed by atoms with Crippen molar-refractivity contribution >= 4 is 17.3 Å². The Morgan fingerprint density at radius 3 is 2.50 bits per heavy atom. The van der Waals surface area contributed by atoms with Gasteiger partial charge in [-0.1, -0.05) is 18.2 Å². The van der Waals surface area contributed by atoms with Crippen molar-refractivity contribution in [1.82, 2.24) is 0 Å². The molecule has 1 heterocycles. The van der Waals surface area contributed by atoms with Gasteiger partial charge in [0.15, 0.2) is 0 Å². The van der Waals surface area contributed by atoms with Gasteiger partial charge in [-0.25, -0.2) is 4.39 Å². The van der Waals surface area contributed by atoms with Gasteiger partial charge < -0.3 is 10.2 Å². The summed E-state index contributed by atoms with van der Waals surface area (Å²) in [4.78, 5) is 14.2. The van der Waals surface area contributed by atoms with Crippen molar-refractivity contribution < 1.29 is 22.4 Å². The standard InChI is InChI=1S/C19H18F4N2O/c20-15-10-16(12-17(11-15)25-6-1-2-7-25)24-18(26)9-13-4-3-5-14(8-13)19(21,22)23/h3-5,8,10-12H,1-2,6-7,9H2,(H,24,26). The maximum absolute atomic E-state index is 13.8. The van der Waals surface area contributed by atoms with E-state index < -0.39 is 23.5 Å². The largest absolute Gasteiger partial charge is 0.416 e. The predicted octanol–water partition coefficient (Wildman–Crippen LogP) is 4.63. The third-order valence-electron chi connectivity index (χ3n) is 4.26. The minimum atomic E-state index is -4.46. The molecule has 0 atom stereocenters. The molecule has 1 aliphatic heterocycles.